The van der Waals surface area contributed by atoms with Gasteiger partial charge in [-0.1, -0.05) is 12.1 Å². The second-order valence-corrected chi connectivity index (χ2v) is 4.33. The number of aromatic nitrogens is 1. The smallest absolute Gasteiger partial charge is 0.0495 e. The van der Waals surface area contributed by atoms with Gasteiger partial charge in [0.2, 0.25) is 0 Å². The molecular weight excluding hydrogens is 240 g/mol. The number of hydrogen-bond donors (Lipinski definition) is 1. The van der Waals surface area contributed by atoms with Gasteiger partial charge >= 0.3 is 0 Å². The Balaban J connectivity index is 2.66. The van der Waals surface area contributed by atoms with Crippen LogP contribution in [0.4, 0.5) is 0 Å². The zero-order chi connectivity index (χ0) is 10.1. The highest BCUT2D eigenvalue weighted by Gasteiger charge is 2.05. The summed E-state index contributed by atoms with van der Waals surface area (Å²) in [7, 11) is 0. The molecule has 1 heterocycles. The highest BCUT2D eigenvalue weighted by molar-refractivity contribution is 9.10. The summed E-state index contributed by atoms with van der Waals surface area (Å²) < 4.78 is 3.33. The molecule has 74 valence electrons. The summed E-state index contributed by atoms with van der Waals surface area (Å²) in [6.07, 6.45) is 2.09. The van der Waals surface area contributed by atoms with E-state index in [0.717, 1.165) is 11.0 Å². The first kappa shape index (κ1) is 9.74. The van der Waals surface area contributed by atoms with Crippen LogP contribution in [-0.2, 0) is 6.54 Å². The molecule has 2 N–H and O–H groups in total. The molecule has 0 unspecified atom stereocenters. The van der Waals surface area contributed by atoms with E-state index in [1.165, 1.54) is 16.5 Å². The highest BCUT2D eigenvalue weighted by atomic mass is 79.9. The molecule has 2 aromatic rings. The van der Waals surface area contributed by atoms with Crippen molar-refractivity contribution in [2.75, 3.05) is 6.54 Å². The normalized spacial score (nSPS) is 11.1. The van der Waals surface area contributed by atoms with Crippen LogP contribution in [0, 0.1) is 6.92 Å². The minimum Gasteiger partial charge on any atom is -0.345 e. The van der Waals surface area contributed by atoms with Gasteiger partial charge in [0.1, 0.15) is 0 Å². The van der Waals surface area contributed by atoms with E-state index in [-0.39, 0.29) is 0 Å². The molecule has 0 aliphatic rings. The van der Waals surface area contributed by atoms with E-state index >= 15 is 0 Å². The first-order chi connectivity index (χ1) is 6.72. The van der Waals surface area contributed by atoms with E-state index in [1.54, 1.807) is 0 Å². The van der Waals surface area contributed by atoms with E-state index in [0.29, 0.717) is 6.54 Å². The van der Waals surface area contributed by atoms with Crippen molar-refractivity contribution < 1.29 is 0 Å². The van der Waals surface area contributed by atoms with Crippen molar-refractivity contribution in [3.8, 4) is 0 Å². The summed E-state index contributed by atoms with van der Waals surface area (Å²) in [6, 6.07) is 6.46. The van der Waals surface area contributed by atoms with E-state index in [4.69, 9.17) is 5.73 Å². The lowest BCUT2D eigenvalue weighted by atomic mass is 10.2. The molecule has 0 aliphatic carbocycles. The molecule has 0 saturated heterocycles. The molecule has 0 spiro atoms. The summed E-state index contributed by atoms with van der Waals surface area (Å²) in [5, 5.41) is 1.25. The average Bonchev–Trinajstić information content (AvgIpc) is 2.44. The van der Waals surface area contributed by atoms with Crippen LogP contribution in [0.3, 0.4) is 0 Å². The molecule has 1 aromatic carbocycles. The number of benzene rings is 1. The monoisotopic (exact) mass is 252 g/mol. The Labute approximate surface area is 91.8 Å². The minimum absolute atomic E-state index is 0.671. The van der Waals surface area contributed by atoms with Gasteiger partial charge in [0.15, 0.2) is 0 Å². The van der Waals surface area contributed by atoms with Crippen molar-refractivity contribution in [2.45, 2.75) is 13.5 Å². The Kier molecular flexibility index (Phi) is 2.61. The lowest BCUT2D eigenvalue weighted by Crippen LogP contribution is -2.08. The lowest BCUT2D eigenvalue weighted by Gasteiger charge is -2.02. The first-order valence-electron chi connectivity index (χ1n) is 4.67. The van der Waals surface area contributed by atoms with Crippen LogP contribution in [0.1, 0.15) is 5.56 Å². The summed E-state index contributed by atoms with van der Waals surface area (Å²) in [5.41, 5.74) is 8.09. The third-order valence-corrected chi connectivity index (χ3v) is 2.99. The second kappa shape index (κ2) is 3.75. The quantitative estimate of drug-likeness (QED) is 0.876. The molecule has 2 rings (SSSR count). The predicted octanol–water partition coefficient (Wildman–Crippen LogP) is 2.67. The standard InChI is InChI=1S/C11H13BrN2/c1-8-2-3-9-10(12)7-14(5-4-13)11(9)6-8/h2-3,6-7H,4-5,13H2,1H3. The van der Waals surface area contributed by atoms with Crippen LogP contribution >= 0.6 is 15.9 Å². The number of halogens is 1. The average molecular weight is 253 g/mol. The zero-order valence-corrected chi connectivity index (χ0v) is 9.71. The maximum Gasteiger partial charge on any atom is 0.0495 e. The lowest BCUT2D eigenvalue weighted by molar-refractivity contribution is 0.734. The van der Waals surface area contributed by atoms with Gasteiger partial charge in [0.25, 0.3) is 0 Å². The van der Waals surface area contributed by atoms with Gasteiger partial charge < -0.3 is 10.3 Å². The molecule has 3 heteroatoms. The van der Waals surface area contributed by atoms with Crippen molar-refractivity contribution in [2.24, 2.45) is 5.73 Å². The van der Waals surface area contributed by atoms with Crippen molar-refractivity contribution in [3.63, 3.8) is 0 Å². The zero-order valence-electron chi connectivity index (χ0n) is 8.13. The molecule has 0 aliphatic heterocycles. The number of nitrogens with zero attached hydrogens (tertiary/aromatic N) is 1. The molecule has 14 heavy (non-hydrogen) atoms. The molecule has 0 fully saturated rings. The van der Waals surface area contributed by atoms with E-state index in [1.807, 2.05) is 0 Å². The Morgan fingerprint density at radius 1 is 1.43 bits per heavy atom. The fraction of sp³-hybridized carbons (Fsp3) is 0.273. The van der Waals surface area contributed by atoms with Crippen LogP contribution in [0.5, 0.6) is 0 Å². The van der Waals surface area contributed by atoms with Crippen LogP contribution in [-0.4, -0.2) is 11.1 Å². The number of rotatable bonds is 2. The fourth-order valence-electron chi connectivity index (χ4n) is 1.68. The molecule has 0 bridgehead atoms. The van der Waals surface area contributed by atoms with Crippen molar-refractivity contribution >= 4 is 26.8 Å². The number of aryl methyl sites for hydroxylation is 1. The van der Waals surface area contributed by atoms with E-state index in [9.17, 15) is 0 Å². The van der Waals surface area contributed by atoms with E-state index < -0.39 is 0 Å². The summed E-state index contributed by atoms with van der Waals surface area (Å²) in [6.45, 7) is 3.64. The number of hydrogen-bond acceptors (Lipinski definition) is 1. The third kappa shape index (κ3) is 1.57. The minimum atomic E-state index is 0.671. The van der Waals surface area contributed by atoms with Gasteiger partial charge in [0.05, 0.1) is 0 Å². The molecule has 0 radical (unpaired) electrons. The summed E-state index contributed by atoms with van der Waals surface area (Å²) in [5.74, 6) is 0. The van der Waals surface area contributed by atoms with E-state index in [2.05, 4.69) is 51.8 Å². The van der Waals surface area contributed by atoms with Gasteiger partial charge in [-0.05, 0) is 34.5 Å². The molecule has 1 aromatic heterocycles. The molecule has 2 nitrogen and oxygen atoms in total. The Morgan fingerprint density at radius 3 is 2.93 bits per heavy atom. The second-order valence-electron chi connectivity index (χ2n) is 3.48. The van der Waals surface area contributed by atoms with Gasteiger partial charge in [-0.15, -0.1) is 0 Å². The van der Waals surface area contributed by atoms with Crippen molar-refractivity contribution in [1.82, 2.24) is 4.57 Å². The molecule has 0 saturated carbocycles. The van der Waals surface area contributed by atoms with Crippen LogP contribution < -0.4 is 5.73 Å². The Hall–Kier alpha value is -0.800. The molecule has 0 amide bonds. The van der Waals surface area contributed by atoms with Crippen LogP contribution in [0.2, 0.25) is 0 Å². The highest BCUT2D eigenvalue weighted by Crippen LogP contribution is 2.26. The summed E-state index contributed by atoms with van der Waals surface area (Å²) in [4.78, 5) is 0. The maximum absolute atomic E-state index is 5.56. The first-order valence-corrected chi connectivity index (χ1v) is 5.46. The third-order valence-electron chi connectivity index (χ3n) is 2.36. The van der Waals surface area contributed by atoms with Gasteiger partial charge in [0, 0.05) is 34.7 Å². The van der Waals surface area contributed by atoms with Gasteiger partial charge in [-0.3, -0.25) is 0 Å². The largest absolute Gasteiger partial charge is 0.345 e. The number of fused-ring (bicyclic) bond motifs is 1. The Bertz CT molecular complexity index is 460. The maximum atomic E-state index is 5.56. The van der Waals surface area contributed by atoms with Gasteiger partial charge in [-0.2, -0.15) is 0 Å². The number of nitrogens with two attached hydrogens (primary N) is 1. The topological polar surface area (TPSA) is 30.9 Å². The SMILES string of the molecule is Cc1ccc2c(Br)cn(CCN)c2c1. The molecular formula is C11H13BrN2. The van der Waals surface area contributed by atoms with Crippen molar-refractivity contribution in [1.29, 1.82) is 0 Å². The predicted molar refractivity (Wildman–Crippen MR) is 63.4 cm³/mol. The fourth-order valence-corrected chi connectivity index (χ4v) is 2.26. The molecule has 0 atom stereocenters. The van der Waals surface area contributed by atoms with Crippen LogP contribution in [0.15, 0.2) is 28.9 Å². The van der Waals surface area contributed by atoms with Gasteiger partial charge in [-0.25, -0.2) is 0 Å². The van der Waals surface area contributed by atoms with Crippen LogP contribution in [0.25, 0.3) is 10.9 Å². The Morgan fingerprint density at radius 2 is 2.21 bits per heavy atom. The summed E-state index contributed by atoms with van der Waals surface area (Å²) >= 11 is 3.55. The van der Waals surface area contributed by atoms with Crippen molar-refractivity contribution in [3.05, 3.63) is 34.4 Å².